The van der Waals surface area contributed by atoms with Crippen LogP contribution in [-0.2, 0) is 26.9 Å². The highest BCUT2D eigenvalue weighted by Gasteiger charge is 2.31. The van der Waals surface area contributed by atoms with Crippen LogP contribution >= 0.6 is 11.6 Å². The van der Waals surface area contributed by atoms with Gasteiger partial charge in [-0.3, -0.25) is 10.1 Å². The number of halogens is 1. The van der Waals surface area contributed by atoms with Crippen LogP contribution < -0.4 is 27.3 Å². The lowest BCUT2D eigenvalue weighted by Crippen LogP contribution is -2.36. The number of aliphatic imine (C=N–C) groups is 2. The van der Waals surface area contributed by atoms with Crippen molar-refractivity contribution in [2.75, 3.05) is 0 Å². The number of guanidine groups is 2. The fraction of sp³-hybridized carbons (Fsp3) is 0.120. The van der Waals surface area contributed by atoms with Gasteiger partial charge in [0, 0.05) is 11.1 Å². The van der Waals surface area contributed by atoms with E-state index in [0.29, 0.717) is 5.56 Å². The van der Waals surface area contributed by atoms with E-state index in [1.807, 2.05) is 18.2 Å². The molecule has 12 nitrogen and oxygen atoms in total. The molecule has 1 aliphatic heterocycles. The summed E-state index contributed by atoms with van der Waals surface area (Å²) in [7, 11) is -4.03. The number of nitrogens with one attached hydrogen (secondary N) is 1. The zero-order valence-corrected chi connectivity index (χ0v) is 22.0. The quantitative estimate of drug-likeness (QED) is 0.268. The third kappa shape index (κ3) is 6.45. The van der Waals surface area contributed by atoms with Gasteiger partial charge in [0.1, 0.15) is 23.0 Å². The number of hydrogen-bond donors (Lipinski definition) is 4. The number of sulfone groups is 1. The van der Waals surface area contributed by atoms with E-state index in [4.69, 9.17) is 38.3 Å². The maximum Gasteiger partial charge on any atom is 0.414 e. The maximum atomic E-state index is 13.3. The van der Waals surface area contributed by atoms with E-state index in [9.17, 15) is 18.0 Å². The van der Waals surface area contributed by atoms with E-state index >= 15 is 0 Å². The molecule has 1 aliphatic rings. The molecule has 0 bridgehead atoms. The molecule has 14 heteroatoms. The van der Waals surface area contributed by atoms with Crippen molar-refractivity contribution >= 4 is 51.0 Å². The largest absolute Gasteiger partial charge is 0.454 e. The zero-order valence-electron chi connectivity index (χ0n) is 20.5. The number of fused-ring (bicyclic) bond motifs is 2. The summed E-state index contributed by atoms with van der Waals surface area (Å²) in [6.45, 7) is 1.60. The van der Waals surface area contributed by atoms with E-state index in [1.54, 1.807) is 19.1 Å². The molecule has 3 aromatic carbocycles. The Balaban J connectivity index is 1.60. The van der Waals surface area contributed by atoms with Gasteiger partial charge in [-0.1, -0.05) is 41.9 Å². The molecule has 0 saturated heterocycles. The van der Waals surface area contributed by atoms with Crippen molar-refractivity contribution < 1.29 is 27.5 Å². The Morgan fingerprint density at radius 1 is 1.08 bits per heavy atom. The average Bonchev–Trinajstić information content (AvgIpc) is 2.96. The first-order valence-electron chi connectivity index (χ1n) is 11.3. The zero-order chi connectivity index (χ0) is 28.3. The first kappa shape index (κ1) is 27.4. The van der Waals surface area contributed by atoms with Gasteiger partial charge >= 0.3 is 6.09 Å². The number of carbonyl (C=O) groups is 2. The van der Waals surface area contributed by atoms with E-state index in [2.05, 4.69) is 15.3 Å². The Kier molecular flexibility index (Phi) is 7.74. The fourth-order valence-electron chi connectivity index (χ4n) is 3.74. The minimum absolute atomic E-state index is 0.00972. The number of benzene rings is 3. The van der Waals surface area contributed by atoms with Crippen LogP contribution in [-0.4, -0.2) is 32.3 Å². The standard InChI is InChI=1S/C25H23ClN6O6S/c1-13-7-15(22(33)31-23(27)28)9-19-20(13)38-21-16(12-39(19,35)36)8-17(10-18(21)26)30-24(29)32-25(34)37-11-14-5-3-2-4-6-14/h2-10H,11-12H2,1H3,(H4,27,28,31,33)(H3,29,30,32,34). The van der Waals surface area contributed by atoms with Gasteiger partial charge < -0.3 is 26.7 Å². The van der Waals surface area contributed by atoms with Crippen molar-refractivity contribution in [3.63, 3.8) is 0 Å². The average molecular weight is 571 g/mol. The third-order valence-electron chi connectivity index (χ3n) is 5.40. The summed E-state index contributed by atoms with van der Waals surface area (Å²) < 4.78 is 37.7. The highest BCUT2D eigenvalue weighted by molar-refractivity contribution is 7.90. The van der Waals surface area contributed by atoms with Crippen LogP contribution in [0.2, 0.25) is 5.02 Å². The minimum Gasteiger partial charge on any atom is -0.454 e. The number of nitrogens with zero attached hydrogens (tertiary/aromatic N) is 2. The van der Waals surface area contributed by atoms with Crippen LogP contribution in [0.3, 0.4) is 0 Å². The van der Waals surface area contributed by atoms with Gasteiger partial charge in [0.15, 0.2) is 15.8 Å². The number of hydrogen-bond acceptors (Lipinski definition) is 7. The van der Waals surface area contributed by atoms with E-state index in [-0.39, 0.29) is 50.8 Å². The van der Waals surface area contributed by atoms with Crippen LogP contribution in [0.15, 0.2) is 69.5 Å². The summed E-state index contributed by atoms with van der Waals surface area (Å²) in [5, 5.41) is 2.34. The molecule has 0 aromatic heterocycles. The predicted octanol–water partition coefficient (Wildman–Crippen LogP) is 3.01. The first-order chi connectivity index (χ1) is 18.4. The van der Waals surface area contributed by atoms with Crippen molar-refractivity contribution in [1.29, 1.82) is 0 Å². The van der Waals surface area contributed by atoms with Crippen molar-refractivity contribution in [3.05, 3.63) is 81.9 Å². The summed E-state index contributed by atoms with van der Waals surface area (Å²) in [6.07, 6.45) is -0.830. The monoisotopic (exact) mass is 570 g/mol. The van der Waals surface area contributed by atoms with E-state index in [1.165, 1.54) is 18.2 Å². The summed E-state index contributed by atoms with van der Waals surface area (Å²) in [5.41, 5.74) is 17.8. The van der Waals surface area contributed by atoms with Gasteiger partial charge in [-0.15, -0.1) is 0 Å². The Morgan fingerprint density at radius 3 is 2.49 bits per heavy atom. The second-order valence-corrected chi connectivity index (χ2v) is 10.8. The second kappa shape index (κ2) is 11.0. The summed E-state index contributed by atoms with van der Waals surface area (Å²) in [4.78, 5) is 31.7. The molecule has 0 atom stereocenters. The minimum atomic E-state index is -4.03. The van der Waals surface area contributed by atoms with Crippen LogP contribution in [0, 0.1) is 6.92 Å². The first-order valence-corrected chi connectivity index (χ1v) is 13.3. The van der Waals surface area contributed by atoms with E-state index < -0.39 is 33.6 Å². The highest BCUT2D eigenvalue weighted by atomic mass is 35.5. The summed E-state index contributed by atoms with van der Waals surface area (Å²) in [5.74, 6) is -1.99. The molecule has 1 heterocycles. The number of carbonyl (C=O) groups excluding carboxylic acids is 2. The lowest BCUT2D eigenvalue weighted by atomic mass is 10.1. The molecule has 0 aliphatic carbocycles. The summed E-state index contributed by atoms with van der Waals surface area (Å²) >= 11 is 6.44. The molecular weight excluding hydrogens is 548 g/mol. The van der Waals surface area contributed by atoms with Crippen LogP contribution in [0.5, 0.6) is 11.5 Å². The van der Waals surface area contributed by atoms with Crippen LogP contribution in [0.25, 0.3) is 0 Å². The summed E-state index contributed by atoms with van der Waals surface area (Å²) in [6, 6.07) is 14.4. The third-order valence-corrected chi connectivity index (χ3v) is 7.35. The smallest absolute Gasteiger partial charge is 0.414 e. The Labute approximate surface area is 228 Å². The lowest BCUT2D eigenvalue weighted by Gasteiger charge is -2.13. The second-order valence-electron chi connectivity index (χ2n) is 8.42. The lowest BCUT2D eigenvalue weighted by molar-refractivity contribution is 0.100. The van der Waals surface area contributed by atoms with Crippen LogP contribution in [0.1, 0.15) is 27.0 Å². The number of ether oxygens (including phenoxy) is 2. The SMILES string of the molecule is Cc1cc(C(=O)N=C(N)N)cc2c1Oc1c(Cl)cc(N=C(N)NC(=O)OCc3ccccc3)cc1CS2(=O)=O. The number of nitrogens with two attached hydrogens (primary N) is 3. The predicted molar refractivity (Wildman–Crippen MR) is 145 cm³/mol. The number of aryl methyl sites for hydroxylation is 1. The fourth-order valence-corrected chi connectivity index (χ4v) is 5.59. The maximum absolute atomic E-state index is 13.3. The van der Waals surface area contributed by atoms with Crippen molar-refractivity contribution in [2.24, 2.45) is 27.2 Å². The molecule has 4 rings (SSSR count). The topological polar surface area (TPSA) is 202 Å². The Hall–Kier alpha value is -4.62. The molecule has 0 unspecified atom stereocenters. The van der Waals surface area contributed by atoms with Gasteiger partial charge in [-0.25, -0.2) is 18.2 Å². The Morgan fingerprint density at radius 2 is 1.79 bits per heavy atom. The van der Waals surface area contributed by atoms with Gasteiger partial charge in [-0.05, 0) is 42.3 Å². The molecule has 2 amide bonds. The Bertz CT molecular complexity index is 1640. The van der Waals surface area contributed by atoms with Crippen molar-refractivity contribution in [1.82, 2.24) is 5.32 Å². The van der Waals surface area contributed by atoms with Crippen LogP contribution in [0.4, 0.5) is 10.5 Å². The molecule has 202 valence electrons. The van der Waals surface area contributed by atoms with Crippen molar-refractivity contribution in [2.45, 2.75) is 24.2 Å². The number of alkyl carbamates (subject to hydrolysis) is 1. The number of amides is 2. The highest BCUT2D eigenvalue weighted by Crippen LogP contribution is 2.45. The molecule has 0 fully saturated rings. The van der Waals surface area contributed by atoms with Gasteiger partial charge in [-0.2, -0.15) is 4.99 Å². The van der Waals surface area contributed by atoms with Gasteiger partial charge in [0.25, 0.3) is 5.91 Å². The van der Waals surface area contributed by atoms with Crippen molar-refractivity contribution in [3.8, 4) is 11.5 Å². The molecule has 0 saturated carbocycles. The molecule has 39 heavy (non-hydrogen) atoms. The molecule has 0 radical (unpaired) electrons. The molecule has 0 spiro atoms. The van der Waals surface area contributed by atoms with Gasteiger partial charge in [0.05, 0.1) is 16.5 Å². The van der Waals surface area contributed by atoms with E-state index in [0.717, 1.165) is 11.6 Å². The normalized spacial score (nSPS) is 13.6. The molecule has 3 aromatic rings. The molecular formula is C25H23ClN6O6S. The molecule has 7 N–H and O–H groups in total. The number of rotatable bonds is 4. The van der Waals surface area contributed by atoms with Gasteiger partial charge in [0.2, 0.25) is 5.96 Å².